The molecular weight excluding hydrogens is 369 g/mol. The number of nitriles is 1. The van der Waals surface area contributed by atoms with E-state index in [4.69, 9.17) is 10.00 Å². The zero-order valence-electron chi connectivity index (χ0n) is 15.8. The number of aromatic nitrogens is 4. The van der Waals surface area contributed by atoms with Gasteiger partial charge in [-0.3, -0.25) is 0 Å². The normalized spacial score (nSPS) is 15.8. The Balaban J connectivity index is 1.50. The molecule has 0 unspecified atom stereocenters. The highest BCUT2D eigenvalue weighted by atomic mass is 19.1. The first kappa shape index (κ1) is 17.4. The Bertz CT molecular complexity index is 1270. The van der Waals surface area contributed by atoms with Crippen molar-refractivity contribution >= 4 is 10.9 Å². The highest BCUT2D eigenvalue weighted by Gasteiger charge is 2.22. The highest BCUT2D eigenvalue weighted by molar-refractivity contribution is 5.81. The van der Waals surface area contributed by atoms with Crippen molar-refractivity contribution in [1.29, 1.82) is 5.26 Å². The molecule has 7 heteroatoms. The van der Waals surface area contributed by atoms with Crippen molar-refractivity contribution < 1.29 is 9.13 Å². The molecule has 0 radical (unpaired) electrons. The fourth-order valence-corrected chi connectivity index (χ4v) is 3.94. The van der Waals surface area contributed by atoms with Gasteiger partial charge in [0.15, 0.2) is 0 Å². The molecule has 2 aromatic heterocycles. The number of halogens is 1. The molecule has 2 heterocycles. The van der Waals surface area contributed by atoms with E-state index in [1.165, 1.54) is 16.4 Å². The maximum absolute atomic E-state index is 14.3. The molecule has 0 aliphatic heterocycles. The molecular formula is C22H18FN5O. The van der Waals surface area contributed by atoms with Crippen LogP contribution in [0.5, 0.6) is 5.75 Å². The van der Waals surface area contributed by atoms with Gasteiger partial charge >= 0.3 is 0 Å². The van der Waals surface area contributed by atoms with Crippen molar-refractivity contribution in [3.8, 4) is 17.5 Å². The Kier molecular flexibility index (Phi) is 4.06. The van der Waals surface area contributed by atoms with Crippen molar-refractivity contribution in [1.82, 2.24) is 19.6 Å². The summed E-state index contributed by atoms with van der Waals surface area (Å²) in [5.41, 5.74) is 4.02. The van der Waals surface area contributed by atoms with Crippen LogP contribution in [0.15, 0.2) is 48.8 Å². The molecule has 2 aromatic carbocycles. The molecule has 0 bridgehead atoms. The number of benzene rings is 2. The highest BCUT2D eigenvalue weighted by Crippen LogP contribution is 2.35. The van der Waals surface area contributed by atoms with Gasteiger partial charge in [0.2, 0.25) is 5.95 Å². The molecule has 0 amide bonds. The van der Waals surface area contributed by atoms with Crippen LogP contribution < -0.4 is 4.74 Å². The van der Waals surface area contributed by atoms with E-state index in [9.17, 15) is 4.39 Å². The minimum Gasteiger partial charge on any atom is -0.486 e. The van der Waals surface area contributed by atoms with Crippen molar-refractivity contribution in [3.63, 3.8) is 0 Å². The average molecular weight is 387 g/mol. The monoisotopic (exact) mass is 387 g/mol. The minimum atomic E-state index is -0.448. The number of rotatable bonds is 3. The van der Waals surface area contributed by atoms with Gasteiger partial charge in [0.1, 0.15) is 17.5 Å². The molecule has 1 aliphatic rings. The van der Waals surface area contributed by atoms with E-state index in [2.05, 4.69) is 16.3 Å². The number of aryl methyl sites for hydroxylation is 2. The van der Waals surface area contributed by atoms with Gasteiger partial charge in [-0.2, -0.15) is 19.8 Å². The number of fused-ring (bicyclic) bond motifs is 2. The van der Waals surface area contributed by atoms with E-state index < -0.39 is 5.95 Å². The second-order valence-corrected chi connectivity index (χ2v) is 7.25. The lowest BCUT2D eigenvalue weighted by Gasteiger charge is -2.26. The fraction of sp³-hybridized carbons (Fsp3) is 0.227. The van der Waals surface area contributed by atoms with Gasteiger partial charge in [-0.15, -0.1) is 0 Å². The quantitative estimate of drug-likeness (QED) is 0.528. The summed E-state index contributed by atoms with van der Waals surface area (Å²) < 4.78 is 23.4. The third kappa shape index (κ3) is 2.93. The second-order valence-electron chi connectivity index (χ2n) is 7.25. The first-order valence-electron chi connectivity index (χ1n) is 9.49. The van der Waals surface area contributed by atoms with Gasteiger partial charge in [-0.05, 0) is 54.7 Å². The molecule has 29 heavy (non-hydrogen) atoms. The fourth-order valence-electron chi connectivity index (χ4n) is 3.94. The molecule has 5 rings (SSSR count). The summed E-state index contributed by atoms with van der Waals surface area (Å²) in [6.07, 6.45) is 5.96. The zero-order valence-corrected chi connectivity index (χ0v) is 15.8. The second kappa shape index (κ2) is 6.74. The van der Waals surface area contributed by atoms with Crippen molar-refractivity contribution in [3.05, 3.63) is 71.4 Å². The molecule has 1 aliphatic carbocycles. The van der Waals surface area contributed by atoms with Crippen molar-refractivity contribution in [2.45, 2.75) is 25.4 Å². The Hall–Kier alpha value is -3.66. The first-order valence-corrected chi connectivity index (χ1v) is 9.49. The van der Waals surface area contributed by atoms with Gasteiger partial charge in [0.25, 0.3) is 0 Å². The van der Waals surface area contributed by atoms with E-state index in [1.807, 2.05) is 36.4 Å². The van der Waals surface area contributed by atoms with Crippen LogP contribution in [0.2, 0.25) is 0 Å². The van der Waals surface area contributed by atoms with Crippen LogP contribution in [0.25, 0.3) is 16.6 Å². The van der Waals surface area contributed by atoms with E-state index in [1.54, 1.807) is 17.9 Å². The Morgan fingerprint density at radius 2 is 2.07 bits per heavy atom. The molecule has 4 aromatic rings. The molecule has 0 spiro atoms. The lowest BCUT2D eigenvalue weighted by Crippen LogP contribution is -2.15. The van der Waals surface area contributed by atoms with Crippen LogP contribution in [0.1, 0.15) is 35.6 Å². The molecule has 6 nitrogen and oxygen atoms in total. The minimum absolute atomic E-state index is 0.0737. The Morgan fingerprint density at radius 1 is 1.17 bits per heavy atom. The summed E-state index contributed by atoms with van der Waals surface area (Å²) in [6, 6.07) is 13.7. The summed E-state index contributed by atoms with van der Waals surface area (Å²) in [6.45, 7) is 0. The molecule has 0 fully saturated rings. The number of ether oxygens (including phenoxy) is 1. The van der Waals surface area contributed by atoms with Gasteiger partial charge in [-0.25, -0.2) is 9.36 Å². The van der Waals surface area contributed by atoms with E-state index in [0.717, 1.165) is 35.7 Å². The Labute approximate surface area is 166 Å². The van der Waals surface area contributed by atoms with E-state index >= 15 is 0 Å². The van der Waals surface area contributed by atoms with Crippen LogP contribution in [0, 0.1) is 17.3 Å². The zero-order chi connectivity index (χ0) is 20.0. The summed E-state index contributed by atoms with van der Waals surface area (Å²) in [7, 11) is 1.55. The third-order valence-corrected chi connectivity index (χ3v) is 5.43. The largest absolute Gasteiger partial charge is 0.486 e. The number of hydrogen-bond donors (Lipinski definition) is 0. The van der Waals surface area contributed by atoms with Crippen molar-refractivity contribution in [2.24, 2.45) is 7.05 Å². The van der Waals surface area contributed by atoms with Crippen LogP contribution in [-0.4, -0.2) is 19.6 Å². The maximum Gasteiger partial charge on any atom is 0.237 e. The SMILES string of the molecule is Cn1ncc(-n2ncc3ccc(O[C@H]4CCCc5cc(C#N)ccc54)cc32)c1F. The molecule has 0 saturated carbocycles. The third-order valence-electron chi connectivity index (χ3n) is 5.43. The van der Waals surface area contributed by atoms with Gasteiger partial charge < -0.3 is 4.74 Å². The molecule has 144 valence electrons. The van der Waals surface area contributed by atoms with Crippen LogP contribution in [-0.2, 0) is 13.5 Å². The van der Waals surface area contributed by atoms with Crippen LogP contribution in [0.3, 0.4) is 0 Å². The van der Waals surface area contributed by atoms with Crippen LogP contribution in [0.4, 0.5) is 4.39 Å². The number of hydrogen-bond acceptors (Lipinski definition) is 4. The van der Waals surface area contributed by atoms with Gasteiger partial charge in [0.05, 0.1) is 29.5 Å². The topological polar surface area (TPSA) is 68.7 Å². The first-order chi connectivity index (χ1) is 14.1. The van der Waals surface area contributed by atoms with Gasteiger partial charge in [-0.1, -0.05) is 6.07 Å². The standard InChI is InChI=1S/C22H18FN5O/c1-27-22(23)20(13-25-27)28-19-10-17(7-6-16(19)12-26-28)29-21-4-2-3-15-9-14(11-24)5-8-18(15)21/h5-10,12-13,21H,2-4H2,1H3/t21-/m0/s1. The lowest BCUT2D eigenvalue weighted by molar-refractivity contribution is 0.183. The van der Waals surface area contributed by atoms with Gasteiger partial charge in [0, 0.05) is 18.5 Å². The lowest BCUT2D eigenvalue weighted by atomic mass is 9.88. The molecule has 1 atom stereocenters. The van der Waals surface area contributed by atoms with E-state index in [-0.39, 0.29) is 6.10 Å². The summed E-state index contributed by atoms with van der Waals surface area (Å²) in [5, 5.41) is 18.3. The summed E-state index contributed by atoms with van der Waals surface area (Å²) in [5.74, 6) is 0.251. The summed E-state index contributed by atoms with van der Waals surface area (Å²) in [4.78, 5) is 0. The smallest absolute Gasteiger partial charge is 0.237 e. The van der Waals surface area contributed by atoms with Crippen LogP contribution >= 0.6 is 0 Å². The maximum atomic E-state index is 14.3. The molecule has 0 N–H and O–H groups in total. The predicted molar refractivity (Wildman–Crippen MR) is 105 cm³/mol. The van der Waals surface area contributed by atoms with E-state index in [0.29, 0.717) is 17.0 Å². The number of nitrogens with zero attached hydrogens (tertiary/aromatic N) is 5. The molecule has 0 saturated heterocycles. The van der Waals surface area contributed by atoms with Crippen molar-refractivity contribution in [2.75, 3.05) is 0 Å². The average Bonchev–Trinajstić information content (AvgIpc) is 3.30. The Morgan fingerprint density at radius 3 is 2.86 bits per heavy atom. The summed E-state index contributed by atoms with van der Waals surface area (Å²) >= 11 is 0. The predicted octanol–water partition coefficient (Wildman–Crippen LogP) is 4.23.